The number of fused-ring (bicyclic) bond motifs is 3. The third-order valence-corrected chi connectivity index (χ3v) is 5.75. The van der Waals surface area contributed by atoms with Gasteiger partial charge in [-0.25, -0.2) is 0 Å². The summed E-state index contributed by atoms with van der Waals surface area (Å²) in [6, 6.07) is 16.6. The molecule has 0 saturated heterocycles. The van der Waals surface area contributed by atoms with Crippen LogP contribution in [0.1, 0.15) is 42.6 Å². The molecule has 4 nitrogen and oxygen atoms in total. The van der Waals surface area contributed by atoms with E-state index < -0.39 is 0 Å². The Morgan fingerprint density at radius 1 is 1.15 bits per heavy atom. The van der Waals surface area contributed by atoms with Crippen molar-refractivity contribution in [1.29, 1.82) is 0 Å². The molecule has 1 amide bonds. The van der Waals surface area contributed by atoms with Gasteiger partial charge in [0.15, 0.2) is 0 Å². The lowest BCUT2D eigenvalue weighted by atomic mass is 9.92. The van der Waals surface area contributed by atoms with Crippen LogP contribution in [0.4, 0.5) is 0 Å². The lowest BCUT2D eigenvalue weighted by molar-refractivity contribution is -0.134. The van der Waals surface area contributed by atoms with Crippen molar-refractivity contribution >= 4 is 16.8 Å². The van der Waals surface area contributed by atoms with Crippen molar-refractivity contribution in [3.63, 3.8) is 0 Å². The second kappa shape index (κ2) is 6.45. The highest BCUT2D eigenvalue weighted by atomic mass is 16.5. The smallest absolute Gasteiger partial charge is 0.226 e. The molecule has 138 valence electrons. The van der Waals surface area contributed by atoms with Crippen LogP contribution in [0.5, 0.6) is 5.75 Å². The molecule has 2 aliphatic rings. The van der Waals surface area contributed by atoms with Crippen LogP contribution >= 0.6 is 0 Å². The third-order valence-electron chi connectivity index (χ3n) is 5.75. The SMILES string of the molecule is CCOc1ccc(C2c3[nH]c4ccccc4c3CCN2C(=O)C2CC2)cc1. The fraction of sp³-hybridized carbons (Fsp3) is 0.348. The van der Waals surface area contributed by atoms with E-state index in [4.69, 9.17) is 4.74 Å². The molecule has 1 aliphatic heterocycles. The minimum Gasteiger partial charge on any atom is -0.494 e. The number of para-hydroxylation sites is 1. The summed E-state index contributed by atoms with van der Waals surface area (Å²) in [4.78, 5) is 18.7. The lowest BCUT2D eigenvalue weighted by Crippen LogP contribution is -2.41. The Morgan fingerprint density at radius 3 is 2.67 bits per heavy atom. The fourth-order valence-electron chi connectivity index (χ4n) is 4.30. The molecule has 1 fully saturated rings. The topological polar surface area (TPSA) is 45.3 Å². The second-order valence-electron chi connectivity index (χ2n) is 7.52. The lowest BCUT2D eigenvalue weighted by Gasteiger charge is -2.36. The van der Waals surface area contributed by atoms with E-state index in [0.29, 0.717) is 12.5 Å². The molecule has 1 N–H and O–H groups in total. The zero-order valence-corrected chi connectivity index (χ0v) is 15.6. The van der Waals surface area contributed by atoms with Gasteiger partial charge in [0.1, 0.15) is 5.75 Å². The quantitative estimate of drug-likeness (QED) is 0.747. The molecule has 4 heteroatoms. The molecule has 0 spiro atoms. The van der Waals surface area contributed by atoms with E-state index >= 15 is 0 Å². The summed E-state index contributed by atoms with van der Waals surface area (Å²) < 4.78 is 5.60. The fourth-order valence-corrected chi connectivity index (χ4v) is 4.30. The molecule has 1 aromatic heterocycles. The molecule has 27 heavy (non-hydrogen) atoms. The number of carbonyl (C=O) groups is 1. The van der Waals surface area contributed by atoms with Crippen LogP contribution in [0, 0.1) is 5.92 Å². The van der Waals surface area contributed by atoms with Crippen LogP contribution in [0.3, 0.4) is 0 Å². The highest BCUT2D eigenvalue weighted by molar-refractivity contribution is 5.87. The number of amides is 1. The van der Waals surface area contributed by atoms with Gasteiger partial charge in [0.05, 0.1) is 12.6 Å². The molecule has 2 aromatic carbocycles. The van der Waals surface area contributed by atoms with Gasteiger partial charge >= 0.3 is 0 Å². The number of rotatable bonds is 4. The number of benzene rings is 2. The highest BCUT2D eigenvalue weighted by Gasteiger charge is 2.40. The van der Waals surface area contributed by atoms with Crippen molar-refractivity contribution in [3.8, 4) is 5.75 Å². The molecule has 1 atom stereocenters. The van der Waals surface area contributed by atoms with Crippen LogP contribution in [-0.2, 0) is 11.2 Å². The average molecular weight is 360 g/mol. The van der Waals surface area contributed by atoms with Gasteiger partial charge in [0, 0.05) is 29.1 Å². The first kappa shape index (κ1) is 16.4. The molecule has 5 rings (SSSR count). The van der Waals surface area contributed by atoms with Crippen molar-refractivity contribution in [2.75, 3.05) is 13.2 Å². The van der Waals surface area contributed by atoms with Crippen LogP contribution in [0.15, 0.2) is 48.5 Å². The van der Waals surface area contributed by atoms with Gasteiger partial charge in [-0.15, -0.1) is 0 Å². The minimum atomic E-state index is -0.0510. The number of H-pyrrole nitrogens is 1. The molecule has 1 aliphatic carbocycles. The number of ether oxygens (including phenoxy) is 1. The number of nitrogens with zero attached hydrogens (tertiary/aromatic N) is 1. The molecule has 1 saturated carbocycles. The van der Waals surface area contributed by atoms with E-state index in [0.717, 1.165) is 42.6 Å². The Hall–Kier alpha value is -2.75. The Bertz CT molecular complexity index is 985. The predicted molar refractivity (Wildman–Crippen MR) is 106 cm³/mol. The first-order valence-corrected chi connectivity index (χ1v) is 9.89. The summed E-state index contributed by atoms with van der Waals surface area (Å²) in [6.07, 6.45) is 2.97. The van der Waals surface area contributed by atoms with Crippen molar-refractivity contribution in [3.05, 3.63) is 65.4 Å². The summed E-state index contributed by atoms with van der Waals surface area (Å²) in [5, 5.41) is 1.28. The predicted octanol–water partition coefficient (Wildman–Crippen LogP) is 4.45. The average Bonchev–Trinajstić information content (AvgIpc) is 3.48. The van der Waals surface area contributed by atoms with Gasteiger partial charge in [-0.3, -0.25) is 4.79 Å². The van der Waals surface area contributed by atoms with Gasteiger partial charge in [0.2, 0.25) is 5.91 Å². The van der Waals surface area contributed by atoms with E-state index in [-0.39, 0.29) is 12.0 Å². The second-order valence-corrected chi connectivity index (χ2v) is 7.52. The molecule has 3 aromatic rings. The Balaban J connectivity index is 1.61. The van der Waals surface area contributed by atoms with Gasteiger partial charge in [0.25, 0.3) is 0 Å². The van der Waals surface area contributed by atoms with Gasteiger partial charge in [-0.1, -0.05) is 30.3 Å². The first-order valence-electron chi connectivity index (χ1n) is 9.89. The molecule has 0 bridgehead atoms. The zero-order chi connectivity index (χ0) is 18.4. The van der Waals surface area contributed by atoms with E-state index in [9.17, 15) is 4.79 Å². The monoisotopic (exact) mass is 360 g/mol. The van der Waals surface area contributed by atoms with E-state index in [1.807, 2.05) is 19.1 Å². The number of nitrogens with one attached hydrogen (secondary N) is 1. The van der Waals surface area contributed by atoms with Crippen molar-refractivity contribution in [1.82, 2.24) is 9.88 Å². The maximum Gasteiger partial charge on any atom is 0.226 e. The van der Waals surface area contributed by atoms with Crippen LogP contribution in [0.25, 0.3) is 10.9 Å². The minimum absolute atomic E-state index is 0.0510. The Labute approximate surface area is 159 Å². The number of aromatic nitrogens is 1. The van der Waals surface area contributed by atoms with Crippen molar-refractivity contribution in [2.45, 2.75) is 32.2 Å². The van der Waals surface area contributed by atoms with E-state index in [1.165, 1.54) is 16.6 Å². The van der Waals surface area contributed by atoms with Crippen molar-refractivity contribution < 1.29 is 9.53 Å². The van der Waals surface area contributed by atoms with Crippen LogP contribution in [0.2, 0.25) is 0 Å². The molecule has 0 radical (unpaired) electrons. The van der Waals surface area contributed by atoms with Crippen molar-refractivity contribution in [2.24, 2.45) is 5.92 Å². The van der Waals surface area contributed by atoms with Crippen LogP contribution in [-0.4, -0.2) is 28.9 Å². The number of hydrogen-bond donors (Lipinski definition) is 1. The summed E-state index contributed by atoms with van der Waals surface area (Å²) in [7, 11) is 0. The maximum atomic E-state index is 13.0. The number of hydrogen-bond acceptors (Lipinski definition) is 2. The highest BCUT2D eigenvalue weighted by Crippen LogP contribution is 2.42. The maximum absolute atomic E-state index is 13.0. The first-order chi connectivity index (χ1) is 13.3. The molecular weight excluding hydrogens is 336 g/mol. The largest absolute Gasteiger partial charge is 0.494 e. The zero-order valence-electron chi connectivity index (χ0n) is 15.6. The standard InChI is InChI=1S/C23H24N2O2/c1-2-27-17-11-9-15(10-12-17)22-21-19(18-5-3-4-6-20(18)24-21)13-14-25(22)23(26)16-7-8-16/h3-6,9-12,16,22,24H,2,7-8,13-14H2,1H3. The molecule has 2 heterocycles. The molecular formula is C23H24N2O2. The number of aromatic amines is 1. The van der Waals surface area contributed by atoms with E-state index in [1.54, 1.807) is 0 Å². The summed E-state index contributed by atoms with van der Waals surface area (Å²) in [5.74, 6) is 1.40. The third kappa shape index (κ3) is 2.80. The van der Waals surface area contributed by atoms with E-state index in [2.05, 4.69) is 46.3 Å². The van der Waals surface area contributed by atoms with Crippen LogP contribution < -0.4 is 4.74 Å². The summed E-state index contributed by atoms with van der Waals surface area (Å²) >= 11 is 0. The van der Waals surface area contributed by atoms with Gasteiger partial charge in [-0.05, 0) is 55.5 Å². The normalized spacial score (nSPS) is 19.1. The van der Waals surface area contributed by atoms with Gasteiger partial charge in [-0.2, -0.15) is 0 Å². The summed E-state index contributed by atoms with van der Waals surface area (Å²) in [6.45, 7) is 3.42. The Morgan fingerprint density at radius 2 is 1.93 bits per heavy atom. The number of carbonyl (C=O) groups excluding carboxylic acids is 1. The molecule has 1 unspecified atom stereocenters. The summed E-state index contributed by atoms with van der Waals surface area (Å²) in [5.41, 5.74) is 4.81. The Kier molecular flexibility index (Phi) is 3.92. The van der Waals surface area contributed by atoms with Gasteiger partial charge < -0.3 is 14.6 Å².